The Morgan fingerprint density at radius 2 is 2.43 bits per heavy atom. The average molecular weight is 192 g/mol. The molecule has 1 aromatic rings. The third-order valence-corrected chi connectivity index (χ3v) is 1.55. The second-order valence-electron chi connectivity index (χ2n) is 2.44. The summed E-state index contributed by atoms with van der Waals surface area (Å²) in [7, 11) is 1.30. The molecule has 1 aromatic heterocycles. The Morgan fingerprint density at radius 3 is 2.93 bits per heavy atom. The number of nitrogens with zero attached hydrogens (tertiary/aromatic N) is 2. The molecule has 72 valence electrons. The molecule has 0 N–H and O–H groups in total. The van der Waals surface area contributed by atoms with Crippen LogP contribution in [0.3, 0.4) is 0 Å². The van der Waals surface area contributed by atoms with Gasteiger partial charge in [0.25, 0.3) is 0 Å². The number of isocyanates is 1. The molecular weight excluding hydrogens is 184 g/mol. The summed E-state index contributed by atoms with van der Waals surface area (Å²) in [4.78, 5) is 28.1. The minimum absolute atomic E-state index is 0.172. The second-order valence-corrected chi connectivity index (χ2v) is 2.44. The predicted molar refractivity (Wildman–Crippen MR) is 47.4 cm³/mol. The van der Waals surface area contributed by atoms with E-state index in [1.165, 1.54) is 19.4 Å². The van der Waals surface area contributed by atoms with E-state index in [2.05, 4.69) is 14.7 Å². The van der Waals surface area contributed by atoms with Crippen molar-refractivity contribution < 1.29 is 14.3 Å². The third-order valence-electron chi connectivity index (χ3n) is 1.55. The van der Waals surface area contributed by atoms with E-state index < -0.39 is 5.97 Å². The number of aromatic nitrogens is 1. The van der Waals surface area contributed by atoms with Crippen LogP contribution >= 0.6 is 0 Å². The smallest absolute Gasteiger partial charge is 0.339 e. The molecule has 0 unspecified atom stereocenters. The number of hydrogen-bond donors (Lipinski definition) is 0. The molecule has 0 bridgehead atoms. The van der Waals surface area contributed by atoms with Gasteiger partial charge in [0, 0.05) is 6.20 Å². The van der Waals surface area contributed by atoms with E-state index >= 15 is 0 Å². The summed E-state index contributed by atoms with van der Waals surface area (Å²) in [5.41, 5.74) is 0.965. The van der Waals surface area contributed by atoms with Gasteiger partial charge in [0.05, 0.1) is 24.9 Å². The molecule has 0 aliphatic carbocycles. The van der Waals surface area contributed by atoms with Gasteiger partial charge >= 0.3 is 5.97 Å². The average Bonchev–Trinajstić information content (AvgIpc) is 2.26. The first-order valence-corrected chi connectivity index (χ1v) is 3.85. The van der Waals surface area contributed by atoms with Crippen molar-refractivity contribution in [1.82, 2.24) is 4.98 Å². The number of aliphatic imine (C=N–C) groups is 1. The quantitative estimate of drug-likeness (QED) is 0.401. The number of esters is 1. The lowest BCUT2D eigenvalue weighted by Crippen LogP contribution is -2.02. The zero-order chi connectivity index (χ0) is 10.4. The number of carbonyl (C=O) groups excluding carboxylic acids is 2. The normalized spacial score (nSPS) is 8.93. The summed E-state index contributed by atoms with van der Waals surface area (Å²) in [5.74, 6) is -0.442. The lowest BCUT2D eigenvalue weighted by atomic mass is 10.2. The largest absolute Gasteiger partial charge is 0.465 e. The van der Waals surface area contributed by atoms with Crippen molar-refractivity contribution in [2.24, 2.45) is 4.99 Å². The Labute approximate surface area is 80.4 Å². The molecule has 0 fully saturated rings. The van der Waals surface area contributed by atoms with Crippen molar-refractivity contribution in [3.05, 3.63) is 29.6 Å². The van der Waals surface area contributed by atoms with Gasteiger partial charge in [-0.1, -0.05) is 0 Å². The molecule has 14 heavy (non-hydrogen) atoms. The SMILES string of the molecule is COC(=O)c1ccc(CN=C=O)nc1. The van der Waals surface area contributed by atoms with Crippen molar-refractivity contribution in [3.8, 4) is 0 Å². The molecule has 5 nitrogen and oxygen atoms in total. The van der Waals surface area contributed by atoms with E-state index in [0.717, 1.165) is 0 Å². The van der Waals surface area contributed by atoms with Crippen molar-refractivity contribution >= 4 is 12.0 Å². The van der Waals surface area contributed by atoms with Gasteiger partial charge < -0.3 is 4.74 Å². The molecule has 0 atom stereocenters. The highest BCUT2D eigenvalue weighted by atomic mass is 16.5. The number of rotatable bonds is 3. The Balaban J connectivity index is 2.78. The summed E-state index contributed by atoms with van der Waals surface area (Å²) in [5, 5.41) is 0. The van der Waals surface area contributed by atoms with Gasteiger partial charge in [-0.2, -0.15) is 4.99 Å². The maximum absolute atomic E-state index is 11.0. The lowest BCUT2D eigenvalue weighted by molar-refractivity contribution is 0.0600. The molecule has 0 aliphatic heterocycles. The van der Waals surface area contributed by atoms with Gasteiger partial charge in [-0.3, -0.25) is 4.98 Å². The molecule has 1 rings (SSSR count). The summed E-state index contributed by atoms with van der Waals surface area (Å²) in [6, 6.07) is 3.17. The molecule has 5 heteroatoms. The zero-order valence-electron chi connectivity index (χ0n) is 7.56. The van der Waals surface area contributed by atoms with Crippen LogP contribution in [0.5, 0.6) is 0 Å². The minimum Gasteiger partial charge on any atom is -0.465 e. The highest BCUT2D eigenvalue weighted by Gasteiger charge is 2.04. The first-order chi connectivity index (χ1) is 6.77. The zero-order valence-corrected chi connectivity index (χ0v) is 7.56. The van der Waals surface area contributed by atoms with Crippen LogP contribution in [-0.2, 0) is 16.1 Å². The molecule has 0 aromatic carbocycles. The Morgan fingerprint density at radius 1 is 1.64 bits per heavy atom. The van der Waals surface area contributed by atoms with E-state index in [-0.39, 0.29) is 6.54 Å². The highest BCUT2D eigenvalue weighted by molar-refractivity contribution is 5.88. The molecule has 0 saturated carbocycles. The topological polar surface area (TPSA) is 68.6 Å². The fourth-order valence-electron chi connectivity index (χ4n) is 0.870. The molecular formula is C9H8N2O3. The van der Waals surface area contributed by atoms with Gasteiger partial charge in [0.15, 0.2) is 0 Å². The maximum Gasteiger partial charge on any atom is 0.339 e. The van der Waals surface area contributed by atoms with E-state index in [1.807, 2.05) is 0 Å². The summed E-state index contributed by atoms with van der Waals surface area (Å²) in [6.45, 7) is 0.172. The Bertz CT molecular complexity index is 366. The van der Waals surface area contributed by atoms with Crippen LogP contribution < -0.4 is 0 Å². The van der Waals surface area contributed by atoms with Gasteiger partial charge in [-0.25, -0.2) is 9.59 Å². The molecule has 0 aliphatic rings. The Kier molecular flexibility index (Phi) is 3.52. The van der Waals surface area contributed by atoms with Crippen LogP contribution in [0.15, 0.2) is 23.3 Å². The van der Waals surface area contributed by atoms with E-state index in [0.29, 0.717) is 11.3 Å². The maximum atomic E-state index is 11.0. The van der Waals surface area contributed by atoms with Crippen molar-refractivity contribution in [3.63, 3.8) is 0 Å². The number of carbonyl (C=O) groups is 1. The molecule has 0 spiro atoms. The fraction of sp³-hybridized carbons (Fsp3) is 0.222. The monoisotopic (exact) mass is 192 g/mol. The first-order valence-electron chi connectivity index (χ1n) is 3.85. The van der Waals surface area contributed by atoms with Crippen LogP contribution in [-0.4, -0.2) is 24.1 Å². The molecule has 0 saturated heterocycles. The lowest BCUT2D eigenvalue weighted by Gasteiger charge is -1.98. The number of ether oxygens (including phenoxy) is 1. The number of methoxy groups -OCH3 is 1. The first kappa shape index (κ1) is 10.1. The van der Waals surface area contributed by atoms with Crippen molar-refractivity contribution in [1.29, 1.82) is 0 Å². The second kappa shape index (κ2) is 4.89. The van der Waals surface area contributed by atoms with E-state index in [1.54, 1.807) is 12.1 Å². The highest BCUT2D eigenvalue weighted by Crippen LogP contribution is 2.02. The molecule has 0 amide bonds. The van der Waals surface area contributed by atoms with Gasteiger partial charge in [0.1, 0.15) is 0 Å². The van der Waals surface area contributed by atoms with E-state index in [9.17, 15) is 9.59 Å². The van der Waals surface area contributed by atoms with Crippen LogP contribution in [0.4, 0.5) is 0 Å². The molecule has 1 heterocycles. The fourth-order valence-corrected chi connectivity index (χ4v) is 0.870. The van der Waals surface area contributed by atoms with Gasteiger partial charge in [0.2, 0.25) is 6.08 Å². The predicted octanol–water partition coefficient (Wildman–Crippen LogP) is 0.704. The number of hydrogen-bond acceptors (Lipinski definition) is 5. The molecule has 0 radical (unpaired) electrons. The van der Waals surface area contributed by atoms with Crippen molar-refractivity contribution in [2.45, 2.75) is 6.54 Å². The third kappa shape index (κ3) is 2.50. The van der Waals surface area contributed by atoms with Gasteiger partial charge in [-0.05, 0) is 12.1 Å². The van der Waals surface area contributed by atoms with Crippen LogP contribution in [0.2, 0.25) is 0 Å². The summed E-state index contributed by atoms with van der Waals surface area (Å²) in [6.07, 6.45) is 2.78. The van der Waals surface area contributed by atoms with E-state index in [4.69, 9.17) is 0 Å². The van der Waals surface area contributed by atoms with Crippen LogP contribution in [0, 0.1) is 0 Å². The van der Waals surface area contributed by atoms with Crippen molar-refractivity contribution in [2.75, 3.05) is 7.11 Å². The standard InChI is InChI=1S/C9H8N2O3/c1-14-9(13)7-2-3-8(11-4-7)5-10-6-12/h2-4H,5H2,1H3. The van der Waals surface area contributed by atoms with Gasteiger partial charge in [-0.15, -0.1) is 0 Å². The number of pyridine rings is 1. The summed E-state index contributed by atoms with van der Waals surface area (Å²) < 4.78 is 4.49. The van der Waals surface area contributed by atoms with Crippen LogP contribution in [0.1, 0.15) is 16.1 Å². The minimum atomic E-state index is -0.442. The van der Waals surface area contributed by atoms with Crippen LogP contribution in [0.25, 0.3) is 0 Å². The Hall–Kier alpha value is -2.00. The summed E-state index contributed by atoms with van der Waals surface area (Å²) >= 11 is 0.